The lowest BCUT2D eigenvalue weighted by molar-refractivity contribution is -0.384. The van der Waals surface area contributed by atoms with Gasteiger partial charge >= 0.3 is 5.97 Å². The van der Waals surface area contributed by atoms with Crippen molar-refractivity contribution in [2.75, 3.05) is 25.0 Å². The minimum Gasteiger partial charge on any atom is -0.481 e. The summed E-state index contributed by atoms with van der Waals surface area (Å²) in [5.41, 5.74) is -0.948. The Labute approximate surface area is 144 Å². The Kier molecular flexibility index (Phi) is 4.20. The molecule has 1 aromatic carbocycles. The average Bonchev–Trinajstić information content (AvgIpc) is 3.12. The molecule has 1 heterocycles. The van der Waals surface area contributed by atoms with Crippen molar-refractivity contribution in [3.63, 3.8) is 0 Å². The molecular formula is C15H19N3O6S. The second-order valence-corrected chi connectivity index (χ2v) is 8.43. The summed E-state index contributed by atoms with van der Waals surface area (Å²) >= 11 is 0. The highest BCUT2D eigenvalue weighted by atomic mass is 32.2. The molecule has 0 amide bonds. The van der Waals surface area contributed by atoms with Crippen molar-refractivity contribution >= 4 is 27.4 Å². The summed E-state index contributed by atoms with van der Waals surface area (Å²) in [5.74, 6) is -0.917. The summed E-state index contributed by atoms with van der Waals surface area (Å²) in [5, 5.41) is 21.1. The van der Waals surface area contributed by atoms with Crippen molar-refractivity contribution in [2.24, 2.45) is 11.3 Å². The van der Waals surface area contributed by atoms with Gasteiger partial charge in [-0.2, -0.15) is 0 Å². The van der Waals surface area contributed by atoms with Crippen molar-refractivity contribution < 1.29 is 23.2 Å². The van der Waals surface area contributed by atoms with Gasteiger partial charge in [-0.15, -0.1) is 0 Å². The third-order valence-electron chi connectivity index (χ3n) is 5.36. The van der Waals surface area contributed by atoms with Crippen LogP contribution in [0.2, 0.25) is 0 Å². The van der Waals surface area contributed by atoms with Crippen LogP contribution in [0.1, 0.15) is 19.3 Å². The summed E-state index contributed by atoms with van der Waals surface area (Å²) in [6.45, 7) is 0.622. The van der Waals surface area contributed by atoms with Crippen LogP contribution in [0.3, 0.4) is 0 Å². The monoisotopic (exact) mass is 369 g/mol. The van der Waals surface area contributed by atoms with E-state index in [2.05, 4.69) is 4.72 Å². The predicted octanol–water partition coefficient (Wildman–Crippen LogP) is 1.19. The van der Waals surface area contributed by atoms with E-state index in [1.165, 1.54) is 19.2 Å². The number of hydrogen-bond acceptors (Lipinski definition) is 6. The fraction of sp³-hybridized carbons (Fsp3) is 0.533. The first-order valence-electron chi connectivity index (χ1n) is 7.91. The van der Waals surface area contributed by atoms with Gasteiger partial charge in [-0.25, -0.2) is 13.1 Å². The highest BCUT2D eigenvalue weighted by molar-refractivity contribution is 7.89. The molecular weight excluding hydrogens is 350 g/mol. The molecule has 2 fully saturated rings. The van der Waals surface area contributed by atoms with Gasteiger partial charge in [0, 0.05) is 19.2 Å². The quantitative estimate of drug-likeness (QED) is 0.589. The number of nitro groups is 1. The summed E-state index contributed by atoms with van der Waals surface area (Å²) in [6, 6.07) is 3.71. The molecule has 1 aliphatic heterocycles. The van der Waals surface area contributed by atoms with E-state index in [0.717, 1.165) is 18.9 Å². The molecule has 1 saturated heterocycles. The molecule has 0 unspecified atom stereocenters. The van der Waals surface area contributed by atoms with Crippen LogP contribution in [0.15, 0.2) is 23.1 Å². The molecule has 0 aromatic heterocycles. The largest absolute Gasteiger partial charge is 0.481 e. The second kappa shape index (κ2) is 5.95. The number of benzene rings is 1. The third kappa shape index (κ3) is 2.74. The van der Waals surface area contributed by atoms with Gasteiger partial charge < -0.3 is 10.0 Å². The van der Waals surface area contributed by atoms with Crippen LogP contribution in [0.4, 0.5) is 11.4 Å². The minimum atomic E-state index is -3.80. The number of rotatable bonds is 5. The number of hydrogen-bond donors (Lipinski definition) is 2. The molecule has 1 aliphatic carbocycles. The van der Waals surface area contributed by atoms with E-state index in [0.29, 0.717) is 13.0 Å². The Hall–Kier alpha value is -2.20. The Morgan fingerprint density at radius 2 is 2.20 bits per heavy atom. The molecule has 10 heteroatoms. The van der Waals surface area contributed by atoms with E-state index >= 15 is 0 Å². The number of carboxylic acid groups (broad SMARTS) is 1. The zero-order chi connectivity index (χ0) is 18.4. The lowest BCUT2D eigenvalue weighted by Crippen LogP contribution is -2.35. The molecule has 3 rings (SSSR count). The number of nitrogens with one attached hydrogen (secondary N) is 1. The SMILES string of the molecule is CNS(=O)(=O)c1ccc(N2C[C@@H]3CCC[C@@]3(C(=O)O)C2)c([N+](=O)[O-])c1. The van der Waals surface area contributed by atoms with E-state index < -0.39 is 26.3 Å². The average molecular weight is 369 g/mol. The van der Waals surface area contributed by atoms with E-state index in [-0.39, 0.29) is 28.7 Å². The highest BCUT2D eigenvalue weighted by Crippen LogP contribution is 2.50. The number of nitrogens with zero attached hydrogens (tertiary/aromatic N) is 2. The lowest BCUT2D eigenvalue weighted by atomic mass is 9.81. The maximum atomic E-state index is 11.9. The van der Waals surface area contributed by atoms with Crippen LogP contribution in [0, 0.1) is 21.4 Å². The molecule has 25 heavy (non-hydrogen) atoms. The van der Waals surface area contributed by atoms with Crippen LogP contribution >= 0.6 is 0 Å². The Balaban J connectivity index is 2.01. The number of aliphatic carboxylic acids is 1. The Bertz CT molecular complexity index is 840. The number of fused-ring (bicyclic) bond motifs is 1. The number of carbonyl (C=O) groups is 1. The van der Waals surface area contributed by atoms with Crippen LogP contribution in [-0.4, -0.2) is 44.6 Å². The maximum absolute atomic E-state index is 11.9. The zero-order valence-electron chi connectivity index (χ0n) is 13.6. The minimum absolute atomic E-state index is 0.0506. The number of carboxylic acids is 1. The van der Waals surface area contributed by atoms with Crippen LogP contribution in [0.5, 0.6) is 0 Å². The molecule has 0 spiro atoms. The molecule has 1 aromatic rings. The summed E-state index contributed by atoms with van der Waals surface area (Å²) in [6.07, 6.45) is 2.18. The van der Waals surface area contributed by atoms with Gasteiger partial charge in [0.1, 0.15) is 5.69 Å². The Morgan fingerprint density at radius 1 is 1.48 bits per heavy atom. The topological polar surface area (TPSA) is 130 Å². The molecule has 2 N–H and O–H groups in total. The van der Waals surface area contributed by atoms with E-state index in [4.69, 9.17) is 0 Å². The molecule has 2 aliphatic rings. The van der Waals surface area contributed by atoms with Gasteiger partial charge in [0.2, 0.25) is 10.0 Å². The molecule has 0 radical (unpaired) electrons. The summed E-state index contributed by atoms with van der Waals surface area (Å²) in [4.78, 5) is 24.1. The first-order valence-corrected chi connectivity index (χ1v) is 9.40. The fourth-order valence-corrected chi connectivity index (χ4v) is 4.77. The number of nitro benzene ring substituents is 1. The highest BCUT2D eigenvalue weighted by Gasteiger charge is 2.55. The van der Waals surface area contributed by atoms with Gasteiger partial charge in [0.05, 0.1) is 15.2 Å². The van der Waals surface area contributed by atoms with Gasteiger partial charge in [0.15, 0.2) is 0 Å². The van der Waals surface area contributed by atoms with Gasteiger partial charge in [-0.1, -0.05) is 6.42 Å². The predicted molar refractivity (Wildman–Crippen MR) is 89.0 cm³/mol. The van der Waals surface area contributed by atoms with Crippen LogP contribution in [-0.2, 0) is 14.8 Å². The molecule has 2 atom stereocenters. The standard InChI is InChI=1S/C15H19N3O6S/c1-16-25(23,24)11-4-5-12(13(7-11)18(21)22)17-8-10-3-2-6-15(10,9-17)14(19)20/h4-5,7,10,16H,2-3,6,8-9H2,1H3,(H,19,20)/t10-,15+/m0/s1. The third-order valence-corrected chi connectivity index (χ3v) is 6.77. The van der Waals surface area contributed by atoms with E-state index in [1.54, 1.807) is 4.90 Å². The van der Waals surface area contributed by atoms with Crippen molar-refractivity contribution in [1.29, 1.82) is 0 Å². The van der Waals surface area contributed by atoms with Gasteiger partial charge in [-0.05, 0) is 37.9 Å². The smallest absolute Gasteiger partial charge is 0.311 e. The summed E-state index contributed by atoms with van der Waals surface area (Å²) < 4.78 is 25.9. The normalized spacial score (nSPS) is 25.8. The molecule has 1 saturated carbocycles. The van der Waals surface area contributed by atoms with Crippen LogP contribution in [0.25, 0.3) is 0 Å². The molecule has 136 valence electrons. The fourth-order valence-electron chi connectivity index (χ4n) is 4.02. The van der Waals surface area contributed by atoms with Gasteiger partial charge in [-0.3, -0.25) is 14.9 Å². The Morgan fingerprint density at radius 3 is 2.76 bits per heavy atom. The maximum Gasteiger partial charge on any atom is 0.311 e. The first-order chi connectivity index (χ1) is 11.7. The van der Waals surface area contributed by atoms with E-state index in [1.807, 2.05) is 0 Å². The van der Waals surface area contributed by atoms with Crippen molar-refractivity contribution in [2.45, 2.75) is 24.2 Å². The van der Waals surface area contributed by atoms with Crippen molar-refractivity contribution in [1.82, 2.24) is 4.72 Å². The lowest BCUT2D eigenvalue weighted by Gasteiger charge is -2.24. The molecule has 9 nitrogen and oxygen atoms in total. The van der Waals surface area contributed by atoms with Gasteiger partial charge in [0.25, 0.3) is 5.69 Å². The van der Waals surface area contributed by atoms with Crippen molar-refractivity contribution in [3.05, 3.63) is 28.3 Å². The molecule has 0 bridgehead atoms. The zero-order valence-corrected chi connectivity index (χ0v) is 14.5. The summed E-state index contributed by atoms with van der Waals surface area (Å²) in [7, 11) is -2.57. The first kappa shape index (κ1) is 17.6. The second-order valence-electron chi connectivity index (χ2n) is 6.55. The number of sulfonamides is 1. The van der Waals surface area contributed by atoms with Crippen LogP contribution < -0.4 is 9.62 Å². The van der Waals surface area contributed by atoms with Crippen molar-refractivity contribution in [3.8, 4) is 0 Å². The number of anilines is 1. The van der Waals surface area contributed by atoms with E-state index in [9.17, 15) is 28.4 Å².